The fraction of sp³-hybridized carbons (Fsp3) is 0.500. The molecule has 0 radical (unpaired) electrons. The third-order valence-corrected chi connectivity index (χ3v) is 3.55. The summed E-state index contributed by atoms with van der Waals surface area (Å²) in [5.41, 5.74) is 0.242. The van der Waals surface area contributed by atoms with Gasteiger partial charge in [-0.25, -0.2) is 0 Å². The van der Waals surface area contributed by atoms with Crippen LogP contribution in [0.1, 0.15) is 36.0 Å². The van der Waals surface area contributed by atoms with Crippen LogP contribution >= 0.6 is 11.6 Å². The van der Waals surface area contributed by atoms with Crippen molar-refractivity contribution in [2.45, 2.75) is 31.7 Å². The van der Waals surface area contributed by atoms with Gasteiger partial charge < -0.3 is 14.8 Å². The molecule has 1 fully saturated rings. The third kappa shape index (κ3) is 2.67. The van der Waals surface area contributed by atoms with Crippen molar-refractivity contribution in [2.24, 2.45) is 5.92 Å². The summed E-state index contributed by atoms with van der Waals surface area (Å²) in [5, 5.41) is 11.9. The highest BCUT2D eigenvalue weighted by Crippen LogP contribution is 2.25. The number of halogens is 1. The number of carbonyl (C=O) groups is 2. The molecule has 1 aromatic heterocycles. The fourth-order valence-corrected chi connectivity index (χ4v) is 2.50. The summed E-state index contributed by atoms with van der Waals surface area (Å²) in [6.07, 6.45) is 4.41. The van der Waals surface area contributed by atoms with Gasteiger partial charge in [0.1, 0.15) is 0 Å². The number of aliphatic carboxylic acids is 1. The lowest BCUT2D eigenvalue weighted by Crippen LogP contribution is -2.45. The van der Waals surface area contributed by atoms with E-state index in [1.165, 1.54) is 12.3 Å². The maximum atomic E-state index is 11.9. The largest absolute Gasteiger partial charge is 0.481 e. The van der Waals surface area contributed by atoms with Crippen LogP contribution in [-0.4, -0.2) is 23.0 Å². The maximum Gasteiger partial charge on any atom is 0.308 e. The molecule has 1 heterocycles. The Kier molecular flexibility index (Phi) is 3.91. The molecule has 0 bridgehead atoms. The Morgan fingerprint density at radius 2 is 2.11 bits per heavy atom. The van der Waals surface area contributed by atoms with Crippen molar-refractivity contribution in [1.82, 2.24) is 5.32 Å². The molecule has 2 unspecified atom stereocenters. The quantitative estimate of drug-likeness (QED) is 0.884. The van der Waals surface area contributed by atoms with Gasteiger partial charge in [0, 0.05) is 6.04 Å². The van der Waals surface area contributed by atoms with Gasteiger partial charge in [-0.3, -0.25) is 9.59 Å². The molecule has 18 heavy (non-hydrogen) atoms. The molecule has 1 saturated carbocycles. The molecule has 0 aliphatic heterocycles. The molecule has 1 aliphatic carbocycles. The van der Waals surface area contributed by atoms with Crippen LogP contribution in [0.2, 0.25) is 5.22 Å². The Balaban J connectivity index is 2.05. The second-order valence-corrected chi connectivity index (χ2v) is 4.76. The molecule has 98 valence electrons. The summed E-state index contributed by atoms with van der Waals surface area (Å²) in [6, 6.07) is 1.13. The number of hydrogen-bond donors (Lipinski definition) is 2. The van der Waals surface area contributed by atoms with Crippen molar-refractivity contribution in [3.8, 4) is 0 Å². The van der Waals surface area contributed by atoms with Crippen LogP contribution in [0.15, 0.2) is 16.7 Å². The fourth-order valence-electron chi connectivity index (χ4n) is 2.30. The van der Waals surface area contributed by atoms with Gasteiger partial charge in [0.2, 0.25) is 5.22 Å². The maximum absolute atomic E-state index is 11.9. The summed E-state index contributed by atoms with van der Waals surface area (Å²) in [7, 11) is 0. The summed E-state index contributed by atoms with van der Waals surface area (Å²) >= 11 is 5.71. The van der Waals surface area contributed by atoms with E-state index in [-0.39, 0.29) is 22.7 Å². The average Bonchev–Trinajstić information content (AvgIpc) is 2.76. The molecular formula is C12H14ClNO4. The molecule has 5 nitrogen and oxygen atoms in total. The minimum Gasteiger partial charge on any atom is -0.481 e. The van der Waals surface area contributed by atoms with Gasteiger partial charge in [0.05, 0.1) is 17.7 Å². The first-order chi connectivity index (χ1) is 8.59. The molecule has 0 spiro atoms. The molecule has 0 aromatic carbocycles. The van der Waals surface area contributed by atoms with Crippen LogP contribution in [0.5, 0.6) is 0 Å². The summed E-state index contributed by atoms with van der Waals surface area (Å²) in [6.45, 7) is 0. The molecule has 1 aromatic rings. The van der Waals surface area contributed by atoms with Crippen molar-refractivity contribution in [2.75, 3.05) is 0 Å². The zero-order valence-electron chi connectivity index (χ0n) is 9.69. The summed E-state index contributed by atoms with van der Waals surface area (Å²) in [5.74, 6) is -1.77. The van der Waals surface area contributed by atoms with E-state index in [1.807, 2.05) is 0 Å². The van der Waals surface area contributed by atoms with Gasteiger partial charge in [0.15, 0.2) is 0 Å². The number of carboxylic acid groups (broad SMARTS) is 1. The van der Waals surface area contributed by atoms with E-state index in [4.69, 9.17) is 21.1 Å². The first-order valence-electron chi connectivity index (χ1n) is 5.86. The monoisotopic (exact) mass is 271 g/mol. The van der Waals surface area contributed by atoms with Crippen LogP contribution in [0.4, 0.5) is 0 Å². The Bertz CT molecular complexity index is 457. The van der Waals surface area contributed by atoms with Crippen molar-refractivity contribution >= 4 is 23.5 Å². The number of nitrogens with one attached hydrogen (secondary N) is 1. The molecular weight excluding hydrogens is 258 g/mol. The van der Waals surface area contributed by atoms with Gasteiger partial charge in [0.25, 0.3) is 5.91 Å². The van der Waals surface area contributed by atoms with Crippen LogP contribution in [-0.2, 0) is 4.79 Å². The standard InChI is InChI=1S/C12H14ClNO4/c13-10-8(5-6-18-10)11(15)14-9-4-2-1-3-7(9)12(16)17/h5-7,9H,1-4H2,(H,14,15)(H,16,17). The van der Waals surface area contributed by atoms with Crippen LogP contribution in [0, 0.1) is 5.92 Å². The van der Waals surface area contributed by atoms with Crippen molar-refractivity contribution in [3.63, 3.8) is 0 Å². The average molecular weight is 272 g/mol. The van der Waals surface area contributed by atoms with Crippen molar-refractivity contribution < 1.29 is 19.1 Å². The topological polar surface area (TPSA) is 79.5 Å². The first kappa shape index (κ1) is 13.0. The molecule has 2 rings (SSSR count). The lowest BCUT2D eigenvalue weighted by Gasteiger charge is -2.29. The summed E-state index contributed by atoms with van der Waals surface area (Å²) < 4.78 is 4.84. The molecule has 6 heteroatoms. The summed E-state index contributed by atoms with van der Waals surface area (Å²) in [4.78, 5) is 23.0. The van der Waals surface area contributed by atoms with E-state index in [2.05, 4.69) is 5.32 Å². The van der Waals surface area contributed by atoms with E-state index in [0.29, 0.717) is 12.8 Å². The minimum absolute atomic E-state index is 0.0233. The highest BCUT2D eigenvalue weighted by molar-refractivity contribution is 6.32. The zero-order valence-corrected chi connectivity index (χ0v) is 10.4. The Morgan fingerprint density at radius 3 is 2.72 bits per heavy atom. The number of carboxylic acids is 1. The highest BCUT2D eigenvalue weighted by Gasteiger charge is 2.32. The Morgan fingerprint density at radius 1 is 1.39 bits per heavy atom. The number of carbonyl (C=O) groups excluding carboxylic acids is 1. The number of furan rings is 1. The predicted octanol–water partition coefficient (Wildman–Crippen LogP) is 2.31. The van der Waals surface area contributed by atoms with E-state index >= 15 is 0 Å². The van der Waals surface area contributed by atoms with E-state index in [1.54, 1.807) is 0 Å². The molecule has 2 atom stereocenters. The van der Waals surface area contributed by atoms with Crippen LogP contribution in [0.3, 0.4) is 0 Å². The predicted molar refractivity (Wildman–Crippen MR) is 64.6 cm³/mol. The molecule has 1 amide bonds. The first-order valence-corrected chi connectivity index (χ1v) is 6.24. The minimum atomic E-state index is -0.863. The van der Waals surface area contributed by atoms with E-state index < -0.39 is 11.9 Å². The smallest absolute Gasteiger partial charge is 0.308 e. The van der Waals surface area contributed by atoms with Gasteiger partial charge >= 0.3 is 5.97 Å². The number of hydrogen-bond acceptors (Lipinski definition) is 3. The van der Waals surface area contributed by atoms with Gasteiger partial charge in [-0.1, -0.05) is 12.8 Å². The van der Waals surface area contributed by atoms with Crippen LogP contribution in [0.25, 0.3) is 0 Å². The Labute approximate surface area is 109 Å². The van der Waals surface area contributed by atoms with Crippen molar-refractivity contribution in [1.29, 1.82) is 0 Å². The lowest BCUT2D eigenvalue weighted by molar-refractivity contribution is -0.143. The van der Waals surface area contributed by atoms with E-state index in [0.717, 1.165) is 12.8 Å². The zero-order chi connectivity index (χ0) is 13.1. The SMILES string of the molecule is O=C(NC1CCCCC1C(=O)O)c1ccoc1Cl. The normalized spacial score (nSPS) is 23.6. The van der Waals surface area contributed by atoms with Crippen molar-refractivity contribution in [3.05, 3.63) is 23.1 Å². The molecule has 1 aliphatic rings. The Hall–Kier alpha value is -1.49. The lowest BCUT2D eigenvalue weighted by atomic mass is 9.84. The number of amides is 1. The third-order valence-electron chi connectivity index (χ3n) is 3.26. The van der Waals surface area contributed by atoms with Gasteiger partial charge in [-0.2, -0.15) is 0 Å². The van der Waals surface area contributed by atoms with Gasteiger partial charge in [-0.05, 0) is 30.5 Å². The highest BCUT2D eigenvalue weighted by atomic mass is 35.5. The molecule has 2 N–H and O–H groups in total. The second kappa shape index (κ2) is 5.44. The molecule has 0 saturated heterocycles. The van der Waals surface area contributed by atoms with E-state index in [9.17, 15) is 9.59 Å². The van der Waals surface area contributed by atoms with Crippen LogP contribution < -0.4 is 5.32 Å². The van der Waals surface area contributed by atoms with Gasteiger partial charge in [-0.15, -0.1) is 0 Å². The second-order valence-electron chi connectivity index (χ2n) is 4.42. The number of rotatable bonds is 3.